The Kier molecular flexibility index (Phi) is 5.03. The lowest BCUT2D eigenvalue weighted by Gasteiger charge is -2.09. The van der Waals surface area contributed by atoms with Crippen molar-refractivity contribution in [3.05, 3.63) is 45.5 Å². The van der Waals surface area contributed by atoms with Gasteiger partial charge in [-0.3, -0.25) is 4.79 Å². The first-order chi connectivity index (χ1) is 10.0. The topological polar surface area (TPSA) is 63.2 Å². The van der Waals surface area contributed by atoms with E-state index in [1.165, 1.54) is 6.07 Å². The molecule has 2 N–H and O–H groups in total. The molecule has 0 aliphatic carbocycles. The zero-order valence-electron chi connectivity index (χ0n) is 11.4. The number of benzene rings is 1. The summed E-state index contributed by atoms with van der Waals surface area (Å²) in [7, 11) is 3.29. The van der Waals surface area contributed by atoms with Gasteiger partial charge < -0.3 is 15.4 Å². The van der Waals surface area contributed by atoms with Crippen molar-refractivity contribution in [1.29, 1.82) is 0 Å². The van der Waals surface area contributed by atoms with Gasteiger partial charge in [-0.1, -0.05) is 11.6 Å². The molecule has 0 aliphatic heterocycles. The number of pyridine rings is 1. The van der Waals surface area contributed by atoms with Crippen LogP contribution in [-0.2, 0) is 0 Å². The summed E-state index contributed by atoms with van der Waals surface area (Å²) in [5.74, 6) is 0.953. The zero-order chi connectivity index (χ0) is 15.4. The number of nitrogens with zero attached hydrogens (tertiary/aromatic N) is 1. The molecule has 2 rings (SSSR count). The number of halogens is 2. The molecular formula is C14H13BrClN3O2. The number of ether oxygens (including phenoxy) is 1. The maximum absolute atomic E-state index is 12.2. The standard InChI is InChI=1S/C14H13BrClN3O2/c1-17-13-6-8(5-12(16)19-13)14(20)18-9-3-4-11(21-2)10(15)7-9/h3-7H,1-2H3,(H,17,19)(H,18,20). The van der Waals surface area contributed by atoms with Crippen molar-refractivity contribution in [3.63, 3.8) is 0 Å². The summed E-state index contributed by atoms with van der Waals surface area (Å²) in [6.45, 7) is 0. The van der Waals surface area contributed by atoms with E-state index in [-0.39, 0.29) is 11.1 Å². The Morgan fingerprint density at radius 3 is 2.71 bits per heavy atom. The van der Waals surface area contributed by atoms with E-state index in [4.69, 9.17) is 16.3 Å². The zero-order valence-corrected chi connectivity index (χ0v) is 13.7. The van der Waals surface area contributed by atoms with Crippen LogP contribution in [0, 0.1) is 0 Å². The summed E-state index contributed by atoms with van der Waals surface area (Å²) in [6.07, 6.45) is 0. The molecule has 0 radical (unpaired) electrons. The number of rotatable bonds is 4. The van der Waals surface area contributed by atoms with Crippen LogP contribution in [-0.4, -0.2) is 25.0 Å². The van der Waals surface area contributed by atoms with Gasteiger partial charge in [0, 0.05) is 18.3 Å². The second kappa shape index (κ2) is 6.78. The molecule has 7 heteroatoms. The molecule has 0 spiro atoms. The van der Waals surface area contributed by atoms with Gasteiger partial charge in [-0.15, -0.1) is 0 Å². The maximum atomic E-state index is 12.2. The Labute approximate surface area is 135 Å². The Hall–Kier alpha value is -1.79. The second-order valence-corrected chi connectivity index (χ2v) is 5.36. The molecule has 1 aromatic carbocycles. The molecule has 0 saturated carbocycles. The van der Waals surface area contributed by atoms with E-state index in [9.17, 15) is 4.79 Å². The molecule has 1 amide bonds. The van der Waals surface area contributed by atoms with Crippen LogP contribution in [0.2, 0.25) is 5.15 Å². The average Bonchev–Trinajstić information content (AvgIpc) is 2.46. The highest BCUT2D eigenvalue weighted by Gasteiger charge is 2.10. The van der Waals surface area contributed by atoms with Crippen molar-refractivity contribution in [2.24, 2.45) is 0 Å². The van der Waals surface area contributed by atoms with Gasteiger partial charge in [-0.05, 0) is 46.3 Å². The summed E-state index contributed by atoms with van der Waals surface area (Å²) in [4.78, 5) is 16.3. The minimum Gasteiger partial charge on any atom is -0.496 e. The van der Waals surface area contributed by atoms with Crippen molar-refractivity contribution in [3.8, 4) is 5.75 Å². The number of anilines is 2. The van der Waals surface area contributed by atoms with Gasteiger partial charge in [0.2, 0.25) is 0 Å². The predicted octanol–water partition coefficient (Wildman–Crippen LogP) is 3.80. The molecule has 110 valence electrons. The fourth-order valence-electron chi connectivity index (χ4n) is 1.70. The molecule has 5 nitrogen and oxygen atoms in total. The summed E-state index contributed by atoms with van der Waals surface area (Å²) in [5, 5.41) is 5.89. The molecule has 0 aliphatic rings. The summed E-state index contributed by atoms with van der Waals surface area (Å²) in [5.41, 5.74) is 1.07. The van der Waals surface area contributed by atoms with Crippen molar-refractivity contribution in [2.75, 3.05) is 24.8 Å². The lowest BCUT2D eigenvalue weighted by Crippen LogP contribution is -2.12. The number of amides is 1. The largest absolute Gasteiger partial charge is 0.496 e. The van der Waals surface area contributed by atoms with Crippen molar-refractivity contribution >= 4 is 44.9 Å². The first-order valence-electron chi connectivity index (χ1n) is 6.03. The molecule has 0 unspecified atom stereocenters. The highest BCUT2D eigenvalue weighted by molar-refractivity contribution is 9.10. The Morgan fingerprint density at radius 2 is 2.10 bits per heavy atom. The molecular weight excluding hydrogens is 358 g/mol. The van der Waals surface area contributed by atoms with Gasteiger partial charge in [-0.25, -0.2) is 4.98 Å². The molecule has 0 saturated heterocycles. The van der Waals surface area contributed by atoms with E-state index in [2.05, 4.69) is 31.5 Å². The van der Waals surface area contributed by atoms with Crippen LogP contribution in [0.4, 0.5) is 11.5 Å². The number of hydrogen-bond donors (Lipinski definition) is 2. The third-order valence-corrected chi connectivity index (χ3v) is 3.54. The Bertz CT molecular complexity index is 679. The fraction of sp³-hybridized carbons (Fsp3) is 0.143. The lowest BCUT2D eigenvalue weighted by molar-refractivity contribution is 0.102. The minimum absolute atomic E-state index is 0.253. The van der Waals surface area contributed by atoms with Crippen molar-refractivity contribution in [2.45, 2.75) is 0 Å². The van der Waals surface area contributed by atoms with Gasteiger partial charge in [0.1, 0.15) is 16.7 Å². The van der Waals surface area contributed by atoms with E-state index >= 15 is 0 Å². The van der Waals surface area contributed by atoms with Gasteiger partial charge in [0.25, 0.3) is 5.91 Å². The van der Waals surface area contributed by atoms with Gasteiger partial charge in [-0.2, -0.15) is 0 Å². The van der Waals surface area contributed by atoms with Crippen LogP contribution in [0.1, 0.15) is 10.4 Å². The fourth-order valence-corrected chi connectivity index (χ4v) is 2.45. The lowest BCUT2D eigenvalue weighted by atomic mass is 10.2. The number of hydrogen-bond acceptors (Lipinski definition) is 4. The highest BCUT2D eigenvalue weighted by atomic mass is 79.9. The minimum atomic E-state index is -0.270. The van der Waals surface area contributed by atoms with E-state index in [0.29, 0.717) is 22.8 Å². The smallest absolute Gasteiger partial charge is 0.255 e. The molecule has 2 aromatic rings. The summed E-state index contributed by atoms with van der Waals surface area (Å²) >= 11 is 9.26. The quantitative estimate of drug-likeness (QED) is 0.804. The van der Waals surface area contributed by atoms with Crippen LogP contribution < -0.4 is 15.4 Å². The molecule has 0 fully saturated rings. The Balaban J connectivity index is 2.21. The van der Waals surface area contributed by atoms with Crippen LogP contribution in [0.5, 0.6) is 5.75 Å². The molecule has 21 heavy (non-hydrogen) atoms. The van der Waals surface area contributed by atoms with Gasteiger partial charge >= 0.3 is 0 Å². The van der Waals surface area contributed by atoms with E-state index in [1.54, 1.807) is 38.4 Å². The number of nitrogens with one attached hydrogen (secondary N) is 2. The average molecular weight is 371 g/mol. The monoisotopic (exact) mass is 369 g/mol. The third-order valence-electron chi connectivity index (χ3n) is 2.72. The molecule has 0 atom stereocenters. The van der Waals surface area contributed by atoms with Crippen LogP contribution in [0.3, 0.4) is 0 Å². The number of methoxy groups -OCH3 is 1. The number of aromatic nitrogens is 1. The molecule has 1 aromatic heterocycles. The van der Waals surface area contributed by atoms with Crippen LogP contribution in [0.15, 0.2) is 34.8 Å². The first-order valence-corrected chi connectivity index (χ1v) is 7.21. The first kappa shape index (κ1) is 15.6. The van der Waals surface area contributed by atoms with Crippen molar-refractivity contribution < 1.29 is 9.53 Å². The predicted molar refractivity (Wildman–Crippen MR) is 87.4 cm³/mol. The normalized spacial score (nSPS) is 10.1. The van der Waals surface area contributed by atoms with E-state index in [1.807, 2.05) is 0 Å². The molecule has 1 heterocycles. The highest BCUT2D eigenvalue weighted by Crippen LogP contribution is 2.28. The number of carbonyl (C=O) groups excluding carboxylic acids is 1. The van der Waals surface area contributed by atoms with Gasteiger partial charge in [0.15, 0.2) is 0 Å². The van der Waals surface area contributed by atoms with Crippen molar-refractivity contribution in [1.82, 2.24) is 4.98 Å². The van der Waals surface area contributed by atoms with E-state index in [0.717, 1.165) is 4.47 Å². The number of carbonyl (C=O) groups is 1. The third kappa shape index (κ3) is 3.86. The summed E-state index contributed by atoms with van der Waals surface area (Å²) in [6, 6.07) is 8.41. The van der Waals surface area contributed by atoms with Crippen LogP contribution >= 0.6 is 27.5 Å². The maximum Gasteiger partial charge on any atom is 0.255 e. The SMILES string of the molecule is CNc1cc(C(=O)Nc2ccc(OC)c(Br)c2)cc(Cl)n1. The summed E-state index contributed by atoms with van der Waals surface area (Å²) < 4.78 is 5.90. The van der Waals surface area contributed by atoms with E-state index < -0.39 is 0 Å². The Morgan fingerprint density at radius 1 is 1.33 bits per heavy atom. The van der Waals surface area contributed by atoms with Gasteiger partial charge in [0.05, 0.1) is 11.6 Å². The molecule has 0 bridgehead atoms. The second-order valence-electron chi connectivity index (χ2n) is 4.12. The van der Waals surface area contributed by atoms with Crippen LogP contribution in [0.25, 0.3) is 0 Å².